The fourth-order valence-corrected chi connectivity index (χ4v) is 8.18. The number of nitrogens with two attached hydrogens (primary N) is 3. The Hall–Kier alpha value is -8.92. The van der Waals surface area contributed by atoms with Crippen LogP contribution in [-0.4, -0.2) is 137 Å². The summed E-state index contributed by atoms with van der Waals surface area (Å²) >= 11 is 0. The molecule has 1 aromatic heterocycles. The number of likely N-dealkylation sites (tertiary alicyclic amines) is 1. The summed E-state index contributed by atoms with van der Waals surface area (Å²) in [5.74, 6) is -6.34. The minimum absolute atomic E-state index is 0.0234. The van der Waals surface area contributed by atoms with Crippen molar-refractivity contribution in [2.24, 2.45) is 28.1 Å². The highest BCUT2D eigenvalue weighted by atomic mass is 16.6. The number of fused-ring (bicyclic) bond motifs is 1. The molecule has 2 aromatic carbocycles. The van der Waals surface area contributed by atoms with Gasteiger partial charge in [0.15, 0.2) is 5.96 Å². The molecule has 13 N–H and O–H groups in total. The number of anilines is 1. The quantitative estimate of drug-likeness (QED) is 0.0106. The molecule has 0 aliphatic carbocycles. The van der Waals surface area contributed by atoms with Crippen LogP contribution >= 0.6 is 0 Å². The van der Waals surface area contributed by atoms with Gasteiger partial charge >= 0.3 is 5.63 Å². The minimum atomic E-state index is -1.67. The van der Waals surface area contributed by atoms with E-state index in [2.05, 4.69) is 42.2 Å². The molecule has 29 nitrogen and oxygen atoms in total. The van der Waals surface area contributed by atoms with Gasteiger partial charge in [0.05, 0.1) is 29.4 Å². The second kappa shape index (κ2) is 28.1. The van der Waals surface area contributed by atoms with E-state index in [0.29, 0.717) is 29.2 Å². The van der Waals surface area contributed by atoms with Gasteiger partial charge in [-0.25, -0.2) is 4.79 Å². The van der Waals surface area contributed by atoms with Crippen LogP contribution < -0.4 is 64.8 Å². The van der Waals surface area contributed by atoms with Crippen molar-refractivity contribution in [3.8, 4) is 5.75 Å². The lowest BCUT2D eigenvalue weighted by molar-refractivity contribution is -0.393. The Kier molecular flexibility index (Phi) is 22.1. The maximum atomic E-state index is 13.9. The summed E-state index contributed by atoms with van der Waals surface area (Å²) in [6.07, 6.45) is 0.831. The van der Waals surface area contributed by atoms with E-state index in [1.165, 1.54) is 44.9 Å². The smallest absolute Gasteiger partial charge is 0.336 e. The van der Waals surface area contributed by atoms with Crippen molar-refractivity contribution >= 4 is 81.2 Å². The number of rotatable bonds is 28. The fourth-order valence-electron chi connectivity index (χ4n) is 8.18. The molecule has 1 saturated heterocycles. The third-order valence-electron chi connectivity index (χ3n) is 12.3. The van der Waals surface area contributed by atoms with Crippen molar-refractivity contribution in [2.45, 2.75) is 122 Å². The number of nitrogens with zero attached hydrogens (tertiary/aromatic N) is 4. The number of non-ortho nitro benzene ring substituents is 1. The van der Waals surface area contributed by atoms with Crippen molar-refractivity contribution in [1.82, 2.24) is 36.8 Å². The van der Waals surface area contributed by atoms with E-state index < -0.39 is 123 Å². The largest absolute Gasteiger partial charge is 0.497 e. The third-order valence-corrected chi connectivity index (χ3v) is 12.3. The summed E-state index contributed by atoms with van der Waals surface area (Å²) in [5.41, 5.74) is 14.4. The Morgan fingerprint density at radius 1 is 0.792 bits per heavy atom. The molecule has 77 heavy (non-hydrogen) atoms. The van der Waals surface area contributed by atoms with Crippen molar-refractivity contribution in [3.63, 3.8) is 0 Å². The second-order valence-corrected chi connectivity index (χ2v) is 18.6. The lowest BCUT2D eigenvalue weighted by atomic mass is 10.0. The van der Waals surface area contributed by atoms with Gasteiger partial charge in [-0.15, -0.1) is 0 Å². The molecule has 3 aromatic rings. The number of hydrogen-bond acceptors (Lipinski definition) is 17. The van der Waals surface area contributed by atoms with Crippen LogP contribution in [0.4, 0.5) is 17.1 Å². The summed E-state index contributed by atoms with van der Waals surface area (Å²) in [6, 6.07) is -0.397. The van der Waals surface area contributed by atoms with Crippen molar-refractivity contribution < 1.29 is 57.4 Å². The van der Waals surface area contributed by atoms with Crippen LogP contribution in [0.25, 0.3) is 11.0 Å². The van der Waals surface area contributed by atoms with Crippen LogP contribution in [0.3, 0.4) is 0 Å². The van der Waals surface area contributed by atoms with Crippen LogP contribution in [0.15, 0.2) is 56.7 Å². The van der Waals surface area contributed by atoms with Gasteiger partial charge in [-0.1, -0.05) is 20.8 Å². The van der Waals surface area contributed by atoms with Crippen molar-refractivity contribution in [3.05, 3.63) is 78.7 Å². The molecule has 7 unspecified atom stereocenters. The number of aliphatic imine (C=N–C) groups is 1. The number of primary amides is 1. The SMILES string of the molecule is CCC(NC(=O)C(C)NC(=O)C(CC(C)C)NC(=O)C1CCCN1C(=O)Cc1cc(=O)oc2cc(OC)ccc12)C(=O)NC(CNc1ccc([N+](=O)[O-])cc1[N+](=O)[O-])C(=O)NC(C)C(=O)NC(CCCN=C(N)N)C(N)=O. The molecule has 0 spiro atoms. The molecule has 0 radical (unpaired) electrons. The number of hydrogen-bond donors (Lipinski definition) is 10. The number of amides is 8. The molecule has 29 heteroatoms. The number of carbonyl (C=O) groups excluding carboxylic acids is 8. The van der Waals surface area contributed by atoms with Crippen molar-refractivity contribution in [1.29, 1.82) is 0 Å². The highest BCUT2D eigenvalue weighted by Crippen LogP contribution is 2.29. The highest BCUT2D eigenvalue weighted by molar-refractivity contribution is 5.98. The summed E-state index contributed by atoms with van der Waals surface area (Å²) in [6.45, 7) is 7.43. The molecule has 0 saturated carbocycles. The van der Waals surface area contributed by atoms with E-state index in [0.717, 1.165) is 12.1 Å². The van der Waals surface area contributed by atoms with Crippen LogP contribution in [0.1, 0.15) is 78.7 Å². The van der Waals surface area contributed by atoms with Gasteiger partial charge < -0.3 is 68.5 Å². The van der Waals surface area contributed by atoms with Gasteiger partial charge in [0.25, 0.3) is 11.4 Å². The van der Waals surface area contributed by atoms with E-state index in [4.69, 9.17) is 26.4 Å². The Bertz CT molecular complexity index is 2800. The molecule has 7 atom stereocenters. The maximum absolute atomic E-state index is 13.9. The number of guanidine groups is 1. The predicted molar refractivity (Wildman–Crippen MR) is 277 cm³/mol. The average molecular weight is 1080 g/mol. The minimum Gasteiger partial charge on any atom is -0.497 e. The molecule has 8 amide bonds. The second-order valence-electron chi connectivity index (χ2n) is 18.6. The van der Waals surface area contributed by atoms with Crippen LogP contribution in [0, 0.1) is 26.1 Å². The molecule has 418 valence electrons. The summed E-state index contributed by atoms with van der Waals surface area (Å²) in [4.78, 5) is 147. The third kappa shape index (κ3) is 17.6. The summed E-state index contributed by atoms with van der Waals surface area (Å²) in [5, 5.41) is 41.4. The van der Waals surface area contributed by atoms with Gasteiger partial charge in [-0.3, -0.25) is 63.6 Å². The Morgan fingerprint density at radius 3 is 2.00 bits per heavy atom. The number of ether oxygens (including phenoxy) is 1. The monoisotopic (exact) mass is 1080 g/mol. The van der Waals surface area contributed by atoms with E-state index in [9.17, 15) is 63.4 Å². The summed E-state index contributed by atoms with van der Waals surface area (Å²) < 4.78 is 10.5. The zero-order chi connectivity index (χ0) is 57.3. The van der Waals surface area contributed by atoms with E-state index in [-0.39, 0.29) is 74.8 Å². The summed E-state index contributed by atoms with van der Waals surface area (Å²) in [7, 11) is 1.45. The fraction of sp³-hybridized carbons (Fsp3) is 0.500. The Balaban J connectivity index is 1.46. The first-order valence-corrected chi connectivity index (χ1v) is 24.6. The number of benzene rings is 2. The molecular weight excluding hydrogens is 1010 g/mol. The van der Waals surface area contributed by atoms with Crippen LogP contribution in [0.5, 0.6) is 5.75 Å². The molecule has 1 fully saturated rings. The van der Waals surface area contributed by atoms with Crippen molar-refractivity contribution in [2.75, 3.05) is 32.1 Å². The predicted octanol–water partition coefficient (Wildman–Crippen LogP) is -0.793. The normalized spacial score (nSPS) is 15.3. The number of carbonyl (C=O) groups is 8. The van der Waals surface area contributed by atoms with E-state index >= 15 is 0 Å². The first kappa shape index (κ1) is 60.6. The van der Waals surface area contributed by atoms with E-state index in [1.807, 2.05) is 0 Å². The molecule has 0 bridgehead atoms. The lowest BCUT2D eigenvalue weighted by Crippen LogP contribution is -2.60. The number of nitro benzene ring substituents is 2. The van der Waals surface area contributed by atoms with Gasteiger partial charge in [0.2, 0.25) is 47.3 Å². The molecule has 2 heterocycles. The molecular formula is C48H66N14O15. The Labute approximate surface area is 440 Å². The van der Waals surface area contributed by atoms with Crippen LogP contribution in [-0.2, 0) is 44.8 Å². The zero-order valence-corrected chi connectivity index (χ0v) is 43.4. The van der Waals surface area contributed by atoms with Gasteiger partial charge in [-0.2, -0.15) is 0 Å². The van der Waals surface area contributed by atoms with Crippen LogP contribution in [0.2, 0.25) is 0 Å². The van der Waals surface area contributed by atoms with Gasteiger partial charge in [-0.05, 0) is 82.1 Å². The standard InChI is InChI=1S/C48H66N14O15/c1-7-31(44(68)59-35(23-53-32-15-12-28(61(72)73)21-37(32)62(74)75)46(70)55-26(5)43(67)57-33(41(49)65)10-8-16-52-48(50)51)56-42(66)25(4)54-45(69)34(18-24(2)3)58-47(71)36-11-9-17-60(36)39(63)19-27-20-40(64)77-38-22-29(76-6)13-14-30(27)38/h12-15,20-22,24-26,31,33-36,53H,7-11,16-19,23H2,1-6H3,(H2,49,65)(H,54,69)(H,55,70)(H,56,66)(H,57,67)(H,58,71)(H,59,68)(H4,50,51,52). The van der Waals surface area contributed by atoms with Gasteiger partial charge in [0.1, 0.15) is 59.3 Å². The number of methoxy groups -OCH3 is 1. The lowest BCUT2D eigenvalue weighted by Gasteiger charge is -2.28. The maximum Gasteiger partial charge on any atom is 0.336 e. The first-order valence-electron chi connectivity index (χ1n) is 24.6. The highest BCUT2D eigenvalue weighted by Gasteiger charge is 2.37. The first-order chi connectivity index (χ1) is 36.3. The zero-order valence-electron chi connectivity index (χ0n) is 43.4. The Morgan fingerprint density at radius 2 is 1.42 bits per heavy atom. The molecule has 1 aliphatic rings. The molecule has 4 rings (SSSR count). The topological polar surface area (TPSA) is 440 Å². The average Bonchev–Trinajstić information content (AvgIpc) is 3.87. The van der Waals surface area contributed by atoms with Gasteiger partial charge in [0, 0.05) is 43.2 Å². The number of nitrogens with one attached hydrogen (secondary N) is 7. The van der Waals surface area contributed by atoms with E-state index in [1.54, 1.807) is 26.0 Å². The number of nitro groups is 2. The molecule has 1 aliphatic heterocycles.